The summed E-state index contributed by atoms with van der Waals surface area (Å²) in [6, 6.07) is 13.2. The molecule has 106 valence electrons. The number of hydrogen-bond donors (Lipinski definition) is 3. The summed E-state index contributed by atoms with van der Waals surface area (Å²) in [7, 11) is 0. The van der Waals surface area contributed by atoms with Crippen LogP contribution in [0.2, 0.25) is 0 Å². The van der Waals surface area contributed by atoms with Gasteiger partial charge in [-0.25, -0.2) is 4.79 Å². The first-order valence-corrected chi connectivity index (χ1v) is 7.37. The fraction of sp³-hybridized carbons (Fsp3) is 0.267. The lowest BCUT2D eigenvalue weighted by Crippen LogP contribution is -2.44. The van der Waals surface area contributed by atoms with Gasteiger partial charge in [0.05, 0.1) is 19.2 Å². The van der Waals surface area contributed by atoms with Crippen LogP contribution in [0, 0.1) is 0 Å². The lowest BCUT2D eigenvalue weighted by Gasteiger charge is -2.16. The summed E-state index contributed by atoms with van der Waals surface area (Å²) in [6.45, 7) is 0.425. The predicted octanol–water partition coefficient (Wildman–Crippen LogP) is 2.15. The number of nitrogens with one attached hydrogen (secondary N) is 2. The van der Waals surface area contributed by atoms with Gasteiger partial charge in [0.25, 0.3) is 0 Å². The Bertz CT molecular complexity index is 514. The van der Waals surface area contributed by atoms with E-state index < -0.39 is 0 Å². The summed E-state index contributed by atoms with van der Waals surface area (Å²) < 4.78 is 0. The van der Waals surface area contributed by atoms with Crippen molar-refractivity contribution >= 4 is 17.4 Å². The third-order valence-electron chi connectivity index (χ3n) is 2.88. The van der Waals surface area contributed by atoms with Gasteiger partial charge in [-0.15, -0.1) is 11.3 Å². The number of thiophene rings is 1. The van der Waals surface area contributed by atoms with Gasteiger partial charge in [0, 0.05) is 4.88 Å². The van der Waals surface area contributed by atoms with Gasteiger partial charge >= 0.3 is 6.03 Å². The van der Waals surface area contributed by atoms with E-state index in [2.05, 4.69) is 10.6 Å². The van der Waals surface area contributed by atoms with Crippen LogP contribution in [-0.4, -0.2) is 23.8 Å². The highest BCUT2D eigenvalue weighted by atomic mass is 32.1. The number of urea groups is 1. The maximum Gasteiger partial charge on any atom is 0.315 e. The highest BCUT2D eigenvalue weighted by Crippen LogP contribution is 2.07. The zero-order valence-corrected chi connectivity index (χ0v) is 11.9. The molecule has 1 unspecified atom stereocenters. The molecule has 0 bridgehead atoms. The minimum absolute atomic E-state index is 0.0820. The highest BCUT2D eigenvalue weighted by molar-refractivity contribution is 7.09. The van der Waals surface area contributed by atoms with Crippen LogP contribution in [0.15, 0.2) is 47.8 Å². The Labute approximate surface area is 122 Å². The SMILES string of the molecule is O=C(NCc1cccs1)NC(CO)Cc1ccccc1. The second-order valence-corrected chi connectivity index (χ2v) is 5.51. The van der Waals surface area contributed by atoms with Crippen molar-refractivity contribution in [3.05, 3.63) is 58.3 Å². The van der Waals surface area contributed by atoms with Crippen molar-refractivity contribution < 1.29 is 9.90 Å². The molecule has 1 atom stereocenters. The Kier molecular flexibility index (Phi) is 5.58. The monoisotopic (exact) mass is 290 g/mol. The maximum atomic E-state index is 11.8. The number of carbonyl (C=O) groups is 1. The highest BCUT2D eigenvalue weighted by Gasteiger charge is 2.11. The van der Waals surface area contributed by atoms with Crippen molar-refractivity contribution in [2.24, 2.45) is 0 Å². The van der Waals surface area contributed by atoms with Gasteiger partial charge in [-0.2, -0.15) is 0 Å². The lowest BCUT2D eigenvalue weighted by atomic mass is 10.1. The number of rotatable bonds is 6. The number of benzene rings is 1. The summed E-state index contributed by atoms with van der Waals surface area (Å²) in [4.78, 5) is 12.9. The van der Waals surface area contributed by atoms with Crippen LogP contribution >= 0.6 is 11.3 Å². The van der Waals surface area contributed by atoms with E-state index >= 15 is 0 Å². The molecule has 20 heavy (non-hydrogen) atoms. The van der Waals surface area contributed by atoms with Gasteiger partial charge in [0.1, 0.15) is 0 Å². The molecule has 0 fully saturated rings. The molecule has 2 rings (SSSR count). The van der Waals surface area contributed by atoms with E-state index in [0.717, 1.165) is 10.4 Å². The number of aliphatic hydroxyl groups excluding tert-OH is 1. The second-order valence-electron chi connectivity index (χ2n) is 4.48. The minimum atomic E-state index is -0.277. The molecule has 4 nitrogen and oxygen atoms in total. The Morgan fingerprint density at radius 1 is 1.20 bits per heavy atom. The fourth-order valence-electron chi connectivity index (χ4n) is 1.88. The topological polar surface area (TPSA) is 61.4 Å². The molecule has 3 N–H and O–H groups in total. The largest absolute Gasteiger partial charge is 0.394 e. The smallest absolute Gasteiger partial charge is 0.315 e. The van der Waals surface area contributed by atoms with Gasteiger partial charge < -0.3 is 15.7 Å². The molecular formula is C15H18N2O2S. The lowest BCUT2D eigenvalue weighted by molar-refractivity contribution is 0.215. The van der Waals surface area contributed by atoms with Crippen LogP contribution in [0.3, 0.4) is 0 Å². The summed E-state index contributed by atoms with van der Waals surface area (Å²) in [5.74, 6) is 0. The summed E-state index contributed by atoms with van der Waals surface area (Å²) in [6.07, 6.45) is 0.615. The molecule has 2 aromatic rings. The van der Waals surface area contributed by atoms with Crippen molar-refractivity contribution in [1.82, 2.24) is 10.6 Å². The van der Waals surface area contributed by atoms with E-state index in [9.17, 15) is 9.90 Å². The third-order valence-corrected chi connectivity index (χ3v) is 3.76. The molecule has 1 aromatic heterocycles. The van der Waals surface area contributed by atoms with E-state index in [-0.39, 0.29) is 18.7 Å². The molecule has 0 saturated carbocycles. The average molecular weight is 290 g/mol. The maximum absolute atomic E-state index is 11.8. The van der Waals surface area contributed by atoms with Gasteiger partial charge in [0.15, 0.2) is 0 Å². The summed E-state index contributed by atoms with van der Waals surface area (Å²) in [5, 5.41) is 16.9. The fourth-order valence-corrected chi connectivity index (χ4v) is 2.52. The standard InChI is InChI=1S/C15H18N2O2S/c18-11-13(9-12-5-2-1-3-6-12)17-15(19)16-10-14-7-4-8-20-14/h1-8,13,18H,9-11H2,(H2,16,17,19). The van der Waals surface area contributed by atoms with E-state index in [1.807, 2.05) is 47.8 Å². The van der Waals surface area contributed by atoms with E-state index in [1.165, 1.54) is 0 Å². The van der Waals surface area contributed by atoms with Crippen LogP contribution in [0.25, 0.3) is 0 Å². The normalized spacial score (nSPS) is 11.8. The first-order valence-electron chi connectivity index (χ1n) is 6.49. The van der Waals surface area contributed by atoms with Crippen LogP contribution in [0.5, 0.6) is 0 Å². The van der Waals surface area contributed by atoms with Crippen molar-refractivity contribution in [1.29, 1.82) is 0 Å². The molecule has 1 aromatic carbocycles. The third kappa shape index (κ3) is 4.68. The van der Waals surface area contributed by atoms with E-state index in [4.69, 9.17) is 0 Å². The molecule has 2 amide bonds. The average Bonchev–Trinajstić information content (AvgIpc) is 2.99. The molecule has 0 spiro atoms. The first kappa shape index (κ1) is 14.6. The summed E-state index contributed by atoms with van der Waals surface area (Å²) in [5.41, 5.74) is 1.09. The van der Waals surface area contributed by atoms with Crippen LogP contribution in [0.4, 0.5) is 4.79 Å². The van der Waals surface area contributed by atoms with Gasteiger partial charge in [-0.1, -0.05) is 36.4 Å². The van der Waals surface area contributed by atoms with Crippen molar-refractivity contribution in [3.63, 3.8) is 0 Å². The molecular weight excluding hydrogens is 272 g/mol. The Morgan fingerprint density at radius 2 is 2.00 bits per heavy atom. The van der Waals surface area contributed by atoms with Crippen molar-refractivity contribution in [2.75, 3.05) is 6.61 Å². The van der Waals surface area contributed by atoms with Gasteiger partial charge in [0.2, 0.25) is 0 Å². The van der Waals surface area contributed by atoms with Gasteiger partial charge in [-0.3, -0.25) is 0 Å². The van der Waals surface area contributed by atoms with Crippen molar-refractivity contribution in [3.8, 4) is 0 Å². The van der Waals surface area contributed by atoms with E-state index in [1.54, 1.807) is 11.3 Å². The molecule has 5 heteroatoms. The van der Waals surface area contributed by atoms with Gasteiger partial charge in [-0.05, 0) is 23.4 Å². The number of carbonyl (C=O) groups excluding carboxylic acids is 1. The Hall–Kier alpha value is -1.85. The minimum Gasteiger partial charge on any atom is -0.394 e. The van der Waals surface area contributed by atoms with Crippen LogP contribution in [0.1, 0.15) is 10.4 Å². The van der Waals surface area contributed by atoms with E-state index in [0.29, 0.717) is 13.0 Å². The van der Waals surface area contributed by atoms with Crippen LogP contribution < -0.4 is 10.6 Å². The molecule has 1 heterocycles. The second kappa shape index (κ2) is 7.67. The molecule has 0 aliphatic carbocycles. The number of amides is 2. The quantitative estimate of drug-likeness (QED) is 0.763. The Morgan fingerprint density at radius 3 is 2.65 bits per heavy atom. The molecule has 0 aliphatic heterocycles. The zero-order chi connectivity index (χ0) is 14.2. The number of hydrogen-bond acceptors (Lipinski definition) is 3. The molecule has 0 saturated heterocycles. The molecule has 0 radical (unpaired) electrons. The van der Waals surface area contributed by atoms with Crippen LogP contribution in [-0.2, 0) is 13.0 Å². The predicted molar refractivity (Wildman–Crippen MR) is 80.7 cm³/mol. The van der Waals surface area contributed by atoms with Crippen molar-refractivity contribution in [2.45, 2.75) is 19.0 Å². The Balaban J connectivity index is 1.79. The zero-order valence-electron chi connectivity index (χ0n) is 11.1. The molecule has 0 aliphatic rings. The number of aliphatic hydroxyl groups is 1. The summed E-state index contributed by atoms with van der Waals surface area (Å²) >= 11 is 1.60. The first-order chi connectivity index (χ1) is 9.78.